The largest absolute Gasteiger partial charge is 0.355 e. The molecular weight excluding hydrogens is 274 g/mol. The van der Waals surface area contributed by atoms with Crippen LogP contribution in [-0.2, 0) is 17.8 Å². The molecule has 0 radical (unpaired) electrons. The normalized spacial score (nSPS) is 15.4. The molecule has 4 nitrogen and oxygen atoms in total. The van der Waals surface area contributed by atoms with Crippen LogP contribution in [0.3, 0.4) is 0 Å². The number of nitrogens with one attached hydrogen (secondary N) is 2. The highest BCUT2D eigenvalue weighted by molar-refractivity contribution is 5.78. The third kappa shape index (κ3) is 6.16. The SMILES string of the molecule is CC(C)NCc1ccc(CC(=O)NCCN2CCCC2)cc1. The summed E-state index contributed by atoms with van der Waals surface area (Å²) in [6.07, 6.45) is 3.07. The van der Waals surface area contributed by atoms with Gasteiger partial charge in [0.05, 0.1) is 6.42 Å². The molecule has 1 aromatic rings. The molecule has 1 aromatic carbocycles. The minimum atomic E-state index is 0.118. The van der Waals surface area contributed by atoms with Gasteiger partial charge >= 0.3 is 0 Å². The minimum Gasteiger partial charge on any atom is -0.355 e. The zero-order valence-electron chi connectivity index (χ0n) is 13.9. The fourth-order valence-corrected chi connectivity index (χ4v) is 2.70. The van der Waals surface area contributed by atoms with Gasteiger partial charge in [-0.05, 0) is 37.1 Å². The lowest BCUT2D eigenvalue weighted by Gasteiger charge is -2.14. The van der Waals surface area contributed by atoms with Crippen molar-refractivity contribution in [1.82, 2.24) is 15.5 Å². The van der Waals surface area contributed by atoms with Crippen molar-refractivity contribution in [3.63, 3.8) is 0 Å². The molecule has 0 aromatic heterocycles. The topological polar surface area (TPSA) is 44.4 Å². The highest BCUT2D eigenvalue weighted by atomic mass is 16.1. The molecule has 1 amide bonds. The molecule has 0 aliphatic carbocycles. The Morgan fingerprint density at radius 3 is 2.41 bits per heavy atom. The van der Waals surface area contributed by atoms with Crippen LogP contribution in [0.15, 0.2) is 24.3 Å². The Kier molecular flexibility index (Phi) is 6.87. The molecule has 1 saturated heterocycles. The predicted molar refractivity (Wildman–Crippen MR) is 90.8 cm³/mol. The van der Waals surface area contributed by atoms with Gasteiger partial charge in [0.1, 0.15) is 0 Å². The highest BCUT2D eigenvalue weighted by Crippen LogP contribution is 2.07. The summed E-state index contributed by atoms with van der Waals surface area (Å²) in [5.41, 5.74) is 2.33. The monoisotopic (exact) mass is 303 g/mol. The first-order valence-corrected chi connectivity index (χ1v) is 8.44. The van der Waals surface area contributed by atoms with E-state index in [0.717, 1.165) is 25.2 Å². The van der Waals surface area contributed by atoms with Crippen molar-refractivity contribution in [3.8, 4) is 0 Å². The van der Waals surface area contributed by atoms with Crippen LogP contribution >= 0.6 is 0 Å². The van der Waals surface area contributed by atoms with Crippen molar-refractivity contribution in [3.05, 3.63) is 35.4 Å². The Bertz CT molecular complexity index is 450. The number of hydrogen-bond donors (Lipinski definition) is 2. The number of likely N-dealkylation sites (tertiary alicyclic amines) is 1. The van der Waals surface area contributed by atoms with Crippen LogP contribution in [0.1, 0.15) is 37.8 Å². The second kappa shape index (κ2) is 8.91. The average molecular weight is 303 g/mol. The van der Waals surface area contributed by atoms with E-state index in [9.17, 15) is 4.79 Å². The Labute approximate surface area is 134 Å². The molecule has 122 valence electrons. The minimum absolute atomic E-state index is 0.118. The summed E-state index contributed by atoms with van der Waals surface area (Å²) in [4.78, 5) is 14.4. The molecule has 1 fully saturated rings. The van der Waals surface area contributed by atoms with Crippen LogP contribution in [0.5, 0.6) is 0 Å². The third-order valence-electron chi connectivity index (χ3n) is 4.05. The van der Waals surface area contributed by atoms with Crippen LogP contribution in [0, 0.1) is 0 Å². The number of hydrogen-bond acceptors (Lipinski definition) is 3. The van der Waals surface area contributed by atoms with E-state index in [1.807, 2.05) is 0 Å². The molecule has 0 unspecified atom stereocenters. The van der Waals surface area contributed by atoms with Crippen LogP contribution in [0.25, 0.3) is 0 Å². The summed E-state index contributed by atoms with van der Waals surface area (Å²) in [6.45, 7) is 9.26. The Hall–Kier alpha value is -1.39. The smallest absolute Gasteiger partial charge is 0.224 e. The third-order valence-corrected chi connectivity index (χ3v) is 4.05. The number of carbonyl (C=O) groups is 1. The van der Waals surface area contributed by atoms with Crippen LogP contribution in [0.2, 0.25) is 0 Å². The quantitative estimate of drug-likeness (QED) is 0.771. The van der Waals surface area contributed by atoms with Gasteiger partial charge in [0.25, 0.3) is 0 Å². The van der Waals surface area contributed by atoms with Gasteiger partial charge in [-0.2, -0.15) is 0 Å². The molecule has 0 bridgehead atoms. The van der Waals surface area contributed by atoms with E-state index in [2.05, 4.69) is 53.6 Å². The van der Waals surface area contributed by atoms with Crippen LogP contribution in [0.4, 0.5) is 0 Å². The molecule has 1 aliphatic rings. The lowest BCUT2D eigenvalue weighted by molar-refractivity contribution is -0.120. The van der Waals surface area contributed by atoms with Crippen molar-refractivity contribution in [2.45, 2.75) is 45.7 Å². The number of amides is 1. The average Bonchev–Trinajstić information content (AvgIpc) is 3.00. The molecular formula is C18H29N3O. The van der Waals surface area contributed by atoms with Crippen LogP contribution in [-0.4, -0.2) is 43.0 Å². The second-order valence-corrected chi connectivity index (χ2v) is 6.43. The molecule has 1 aliphatic heterocycles. The van der Waals surface area contributed by atoms with Crippen molar-refractivity contribution in [2.75, 3.05) is 26.2 Å². The molecule has 4 heteroatoms. The first-order valence-electron chi connectivity index (χ1n) is 8.44. The Morgan fingerprint density at radius 2 is 1.77 bits per heavy atom. The van der Waals surface area contributed by atoms with E-state index in [0.29, 0.717) is 12.5 Å². The molecule has 0 spiro atoms. The van der Waals surface area contributed by atoms with E-state index >= 15 is 0 Å². The van der Waals surface area contributed by atoms with E-state index in [-0.39, 0.29) is 5.91 Å². The molecule has 22 heavy (non-hydrogen) atoms. The van der Waals surface area contributed by atoms with Gasteiger partial charge in [-0.1, -0.05) is 38.1 Å². The fourth-order valence-electron chi connectivity index (χ4n) is 2.70. The Morgan fingerprint density at radius 1 is 1.14 bits per heavy atom. The number of benzene rings is 1. The summed E-state index contributed by atoms with van der Waals surface area (Å²) >= 11 is 0. The second-order valence-electron chi connectivity index (χ2n) is 6.43. The number of carbonyl (C=O) groups excluding carboxylic acids is 1. The van der Waals surface area contributed by atoms with Gasteiger partial charge in [0.15, 0.2) is 0 Å². The van der Waals surface area contributed by atoms with Gasteiger partial charge in [0, 0.05) is 25.7 Å². The molecule has 0 atom stereocenters. The zero-order valence-corrected chi connectivity index (χ0v) is 13.9. The van der Waals surface area contributed by atoms with Crippen LogP contribution < -0.4 is 10.6 Å². The van der Waals surface area contributed by atoms with Crippen molar-refractivity contribution >= 4 is 5.91 Å². The standard InChI is InChI=1S/C18H29N3O/c1-15(2)20-14-17-7-5-16(6-8-17)13-18(22)19-9-12-21-10-3-4-11-21/h5-8,15,20H,3-4,9-14H2,1-2H3,(H,19,22). The van der Waals surface area contributed by atoms with Gasteiger partial charge in [-0.3, -0.25) is 4.79 Å². The van der Waals surface area contributed by atoms with Gasteiger partial charge in [-0.25, -0.2) is 0 Å². The molecule has 0 saturated carbocycles. The van der Waals surface area contributed by atoms with E-state index < -0.39 is 0 Å². The first-order chi connectivity index (χ1) is 10.6. The summed E-state index contributed by atoms with van der Waals surface area (Å²) in [7, 11) is 0. The highest BCUT2D eigenvalue weighted by Gasteiger charge is 2.11. The maximum absolute atomic E-state index is 11.9. The van der Waals surface area contributed by atoms with E-state index in [1.165, 1.54) is 31.5 Å². The lowest BCUT2D eigenvalue weighted by atomic mass is 10.1. The van der Waals surface area contributed by atoms with E-state index in [1.54, 1.807) is 0 Å². The summed E-state index contributed by atoms with van der Waals surface area (Å²) < 4.78 is 0. The molecule has 2 N–H and O–H groups in total. The van der Waals surface area contributed by atoms with Crippen molar-refractivity contribution in [2.24, 2.45) is 0 Å². The van der Waals surface area contributed by atoms with Gasteiger partial charge in [0.2, 0.25) is 5.91 Å². The maximum atomic E-state index is 11.9. The first kappa shape index (κ1) is 17.0. The lowest BCUT2D eigenvalue weighted by Crippen LogP contribution is -2.34. The molecule has 2 rings (SSSR count). The fraction of sp³-hybridized carbons (Fsp3) is 0.611. The molecule has 1 heterocycles. The van der Waals surface area contributed by atoms with Crippen molar-refractivity contribution < 1.29 is 4.79 Å². The summed E-state index contributed by atoms with van der Waals surface area (Å²) in [6, 6.07) is 8.79. The van der Waals surface area contributed by atoms with Crippen molar-refractivity contribution in [1.29, 1.82) is 0 Å². The number of nitrogens with zero attached hydrogens (tertiary/aromatic N) is 1. The zero-order chi connectivity index (χ0) is 15.8. The number of rotatable bonds is 8. The van der Waals surface area contributed by atoms with Gasteiger partial charge < -0.3 is 15.5 Å². The summed E-state index contributed by atoms with van der Waals surface area (Å²) in [5, 5.41) is 6.41. The Balaban J connectivity index is 1.67. The van der Waals surface area contributed by atoms with E-state index in [4.69, 9.17) is 0 Å². The maximum Gasteiger partial charge on any atom is 0.224 e. The predicted octanol–water partition coefficient (Wildman–Crippen LogP) is 1.94. The van der Waals surface area contributed by atoms with Gasteiger partial charge in [-0.15, -0.1) is 0 Å². The summed E-state index contributed by atoms with van der Waals surface area (Å²) in [5.74, 6) is 0.118.